The van der Waals surface area contributed by atoms with E-state index >= 15 is 0 Å². The van der Waals surface area contributed by atoms with Crippen LogP contribution in [-0.2, 0) is 11.2 Å². The molecule has 3 aromatic carbocycles. The lowest BCUT2D eigenvalue weighted by Gasteiger charge is -2.12. The molecule has 0 aliphatic carbocycles. The number of carbonyl (C=O) groups is 1. The van der Waals surface area contributed by atoms with Crippen molar-refractivity contribution in [3.8, 4) is 11.5 Å². The molecule has 31 heavy (non-hydrogen) atoms. The number of aryl methyl sites for hydroxylation is 1. The molecule has 0 spiro atoms. The van der Waals surface area contributed by atoms with Crippen LogP contribution in [0.25, 0.3) is 0 Å². The SMILES string of the molecule is COCCOc1ccc(Br)cc1C(=O)Nc1ccc(OCCCc2ccccc2)cc1. The lowest BCUT2D eigenvalue weighted by Crippen LogP contribution is -2.15. The van der Waals surface area contributed by atoms with Crippen molar-refractivity contribution in [2.75, 3.05) is 32.2 Å². The molecule has 0 aromatic heterocycles. The van der Waals surface area contributed by atoms with E-state index in [1.54, 1.807) is 19.2 Å². The lowest BCUT2D eigenvalue weighted by molar-refractivity contribution is 0.101. The maximum atomic E-state index is 12.8. The Labute approximate surface area is 191 Å². The average molecular weight is 484 g/mol. The minimum atomic E-state index is -0.245. The minimum absolute atomic E-state index is 0.245. The van der Waals surface area contributed by atoms with Gasteiger partial charge in [-0.2, -0.15) is 0 Å². The van der Waals surface area contributed by atoms with Crippen molar-refractivity contribution in [1.82, 2.24) is 0 Å². The molecule has 0 aliphatic rings. The summed E-state index contributed by atoms with van der Waals surface area (Å²) < 4.78 is 17.3. The topological polar surface area (TPSA) is 56.8 Å². The van der Waals surface area contributed by atoms with Gasteiger partial charge < -0.3 is 19.5 Å². The van der Waals surface area contributed by atoms with Crippen molar-refractivity contribution >= 4 is 27.5 Å². The number of anilines is 1. The summed E-state index contributed by atoms with van der Waals surface area (Å²) in [5.41, 5.74) is 2.44. The largest absolute Gasteiger partial charge is 0.494 e. The zero-order valence-electron chi connectivity index (χ0n) is 17.5. The molecular formula is C25H26BrNO4. The number of ether oxygens (including phenoxy) is 3. The highest BCUT2D eigenvalue weighted by Crippen LogP contribution is 2.25. The van der Waals surface area contributed by atoms with Gasteiger partial charge in [-0.05, 0) is 60.9 Å². The summed E-state index contributed by atoms with van der Waals surface area (Å²) in [5.74, 6) is 1.04. The number of benzene rings is 3. The maximum absolute atomic E-state index is 12.8. The van der Waals surface area contributed by atoms with E-state index in [-0.39, 0.29) is 5.91 Å². The Morgan fingerprint density at radius 1 is 0.903 bits per heavy atom. The van der Waals surface area contributed by atoms with E-state index in [2.05, 4.69) is 33.4 Å². The van der Waals surface area contributed by atoms with Gasteiger partial charge in [-0.15, -0.1) is 0 Å². The van der Waals surface area contributed by atoms with E-state index in [9.17, 15) is 4.79 Å². The fourth-order valence-electron chi connectivity index (χ4n) is 2.98. The minimum Gasteiger partial charge on any atom is -0.494 e. The van der Waals surface area contributed by atoms with Gasteiger partial charge in [-0.1, -0.05) is 46.3 Å². The molecule has 1 N–H and O–H groups in total. The summed E-state index contributed by atoms with van der Waals surface area (Å²) in [4.78, 5) is 12.8. The Kier molecular flexibility index (Phi) is 8.94. The number of nitrogens with one attached hydrogen (secondary N) is 1. The molecule has 6 heteroatoms. The van der Waals surface area contributed by atoms with E-state index in [1.807, 2.05) is 48.5 Å². The first-order valence-electron chi connectivity index (χ1n) is 10.1. The molecule has 3 rings (SSSR count). The summed E-state index contributed by atoms with van der Waals surface area (Å²) in [6.45, 7) is 1.46. The van der Waals surface area contributed by atoms with Crippen molar-refractivity contribution in [2.24, 2.45) is 0 Å². The Hall–Kier alpha value is -2.83. The molecule has 162 valence electrons. The van der Waals surface area contributed by atoms with Crippen molar-refractivity contribution in [1.29, 1.82) is 0 Å². The van der Waals surface area contributed by atoms with E-state index in [4.69, 9.17) is 14.2 Å². The lowest BCUT2D eigenvalue weighted by atomic mass is 10.1. The maximum Gasteiger partial charge on any atom is 0.259 e. The Morgan fingerprint density at radius 3 is 2.42 bits per heavy atom. The molecule has 0 bridgehead atoms. The van der Waals surface area contributed by atoms with Crippen molar-refractivity contribution in [2.45, 2.75) is 12.8 Å². The van der Waals surface area contributed by atoms with E-state index in [0.29, 0.717) is 36.8 Å². The third-order valence-corrected chi connectivity index (χ3v) is 5.06. The van der Waals surface area contributed by atoms with E-state index in [0.717, 1.165) is 23.1 Å². The average Bonchev–Trinajstić information content (AvgIpc) is 2.79. The highest BCUT2D eigenvalue weighted by molar-refractivity contribution is 9.10. The second-order valence-corrected chi connectivity index (χ2v) is 7.81. The quantitative estimate of drug-likeness (QED) is 0.353. The van der Waals surface area contributed by atoms with Crippen LogP contribution in [0, 0.1) is 0 Å². The number of amides is 1. The highest BCUT2D eigenvalue weighted by atomic mass is 79.9. The third-order valence-electron chi connectivity index (χ3n) is 4.56. The number of methoxy groups -OCH3 is 1. The first-order valence-corrected chi connectivity index (χ1v) is 10.9. The predicted octanol–water partition coefficient (Wildman–Crippen LogP) is 5.74. The molecule has 0 fully saturated rings. The molecule has 5 nitrogen and oxygen atoms in total. The van der Waals surface area contributed by atoms with Gasteiger partial charge in [0.05, 0.1) is 18.8 Å². The van der Waals surface area contributed by atoms with Crippen LogP contribution < -0.4 is 14.8 Å². The van der Waals surface area contributed by atoms with Crippen LogP contribution in [0.15, 0.2) is 77.3 Å². The third kappa shape index (κ3) is 7.42. The summed E-state index contributed by atoms with van der Waals surface area (Å²) >= 11 is 3.41. The van der Waals surface area contributed by atoms with Gasteiger partial charge in [0.25, 0.3) is 5.91 Å². The summed E-state index contributed by atoms with van der Waals surface area (Å²) in [6.07, 6.45) is 1.92. The van der Waals surface area contributed by atoms with E-state index in [1.165, 1.54) is 5.56 Å². The Morgan fingerprint density at radius 2 is 1.68 bits per heavy atom. The molecule has 0 saturated heterocycles. The summed E-state index contributed by atoms with van der Waals surface area (Å²) in [6, 6.07) is 23.1. The molecule has 1 amide bonds. The first kappa shape index (κ1) is 22.8. The second-order valence-electron chi connectivity index (χ2n) is 6.90. The molecule has 3 aromatic rings. The predicted molar refractivity (Wildman–Crippen MR) is 126 cm³/mol. The fraction of sp³-hybridized carbons (Fsp3) is 0.240. The summed E-state index contributed by atoms with van der Waals surface area (Å²) in [5, 5.41) is 2.91. The standard InChI is InChI=1S/C25H26BrNO4/c1-29-16-17-31-24-14-9-20(26)18-23(24)25(28)27-21-10-12-22(13-11-21)30-15-5-8-19-6-3-2-4-7-19/h2-4,6-7,9-14,18H,5,8,15-17H2,1H3,(H,27,28). The van der Waals surface area contributed by atoms with Crippen LogP contribution in [0.2, 0.25) is 0 Å². The van der Waals surface area contributed by atoms with Crippen molar-refractivity contribution < 1.29 is 19.0 Å². The zero-order chi connectivity index (χ0) is 21.9. The molecule has 0 unspecified atom stereocenters. The number of carbonyl (C=O) groups excluding carboxylic acids is 1. The van der Waals surface area contributed by atoms with Gasteiger partial charge in [0.2, 0.25) is 0 Å². The van der Waals surface area contributed by atoms with Crippen LogP contribution in [0.4, 0.5) is 5.69 Å². The van der Waals surface area contributed by atoms with Gasteiger partial charge in [-0.25, -0.2) is 0 Å². The monoisotopic (exact) mass is 483 g/mol. The van der Waals surface area contributed by atoms with Crippen LogP contribution in [0.3, 0.4) is 0 Å². The number of halogens is 1. The second kappa shape index (κ2) is 12.1. The van der Waals surface area contributed by atoms with Gasteiger partial charge in [-0.3, -0.25) is 4.79 Å². The first-order chi connectivity index (χ1) is 15.2. The molecule has 0 radical (unpaired) electrons. The van der Waals surface area contributed by atoms with Gasteiger partial charge >= 0.3 is 0 Å². The smallest absolute Gasteiger partial charge is 0.259 e. The van der Waals surface area contributed by atoms with Crippen LogP contribution in [0.1, 0.15) is 22.3 Å². The van der Waals surface area contributed by atoms with E-state index < -0.39 is 0 Å². The normalized spacial score (nSPS) is 10.5. The van der Waals surface area contributed by atoms with Gasteiger partial charge in [0, 0.05) is 17.3 Å². The molecular weight excluding hydrogens is 458 g/mol. The van der Waals surface area contributed by atoms with Gasteiger partial charge in [0.1, 0.15) is 18.1 Å². The molecule has 0 aliphatic heterocycles. The molecule has 0 saturated carbocycles. The number of hydrogen-bond donors (Lipinski definition) is 1. The molecule has 0 atom stereocenters. The Bertz CT molecular complexity index is 961. The summed E-state index contributed by atoms with van der Waals surface area (Å²) in [7, 11) is 1.61. The number of hydrogen-bond acceptors (Lipinski definition) is 4. The van der Waals surface area contributed by atoms with Crippen LogP contribution in [0.5, 0.6) is 11.5 Å². The number of rotatable bonds is 11. The van der Waals surface area contributed by atoms with Crippen LogP contribution in [-0.4, -0.2) is 32.8 Å². The molecule has 0 heterocycles. The highest BCUT2D eigenvalue weighted by Gasteiger charge is 2.14. The zero-order valence-corrected chi connectivity index (χ0v) is 19.1. The van der Waals surface area contributed by atoms with Crippen molar-refractivity contribution in [3.63, 3.8) is 0 Å². The fourth-order valence-corrected chi connectivity index (χ4v) is 3.35. The Balaban J connectivity index is 1.52. The van der Waals surface area contributed by atoms with Gasteiger partial charge in [0.15, 0.2) is 0 Å². The van der Waals surface area contributed by atoms with Crippen LogP contribution >= 0.6 is 15.9 Å². The van der Waals surface area contributed by atoms with Crippen molar-refractivity contribution in [3.05, 3.63) is 88.4 Å².